The van der Waals surface area contributed by atoms with Gasteiger partial charge in [-0.2, -0.15) is 0 Å². The van der Waals surface area contributed by atoms with Crippen LogP contribution in [-0.4, -0.2) is 62.2 Å². The summed E-state index contributed by atoms with van der Waals surface area (Å²) in [5.74, 6) is -0.510. The van der Waals surface area contributed by atoms with Gasteiger partial charge in [-0.25, -0.2) is 4.79 Å². The first-order valence-corrected chi connectivity index (χ1v) is 18.5. The van der Waals surface area contributed by atoms with Gasteiger partial charge in [-0.3, -0.25) is 0 Å². The summed E-state index contributed by atoms with van der Waals surface area (Å²) in [6, 6.07) is 0.966. The maximum Gasteiger partial charge on any atom is 0.333 e. The number of aliphatic hydroxyl groups is 1. The number of hydrogen-bond acceptors (Lipinski definition) is 6. The predicted molar refractivity (Wildman–Crippen MR) is 113 cm³/mol. The van der Waals surface area contributed by atoms with Crippen molar-refractivity contribution in [3.63, 3.8) is 0 Å². The van der Waals surface area contributed by atoms with Gasteiger partial charge in [0.2, 0.25) is 0 Å². The van der Waals surface area contributed by atoms with E-state index in [9.17, 15) is 9.90 Å². The number of esters is 1. The first-order chi connectivity index (χ1) is 11.7. The Morgan fingerprint density at radius 3 is 2.12 bits per heavy atom. The molecule has 0 aliphatic rings. The molecule has 1 unspecified atom stereocenters. The van der Waals surface area contributed by atoms with Gasteiger partial charge in [-0.05, 0) is 65.2 Å². The van der Waals surface area contributed by atoms with Crippen molar-refractivity contribution in [1.29, 1.82) is 0 Å². The first kappa shape index (κ1) is 25.7. The Kier molecular flexibility index (Phi) is 10.8. The fraction of sp³-hybridized carbons (Fsp3) is 0.824. The van der Waals surface area contributed by atoms with Crippen LogP contribution in [0.25, 0.3) is 0 Å². The quantitative estimate of drug-likeness (QED) is 0.211. The molecule has 6 nitrogen and oxygen atoms in total. The molecule has 0 rings (SSSR count). The lowest BCUT2D eigenvalue weighted by molar-refractivity contribution is -0.149. The second-order valence-electron chi connectivity index (χ2n) is 8.64. The molecule has 0 aromatic carbocycles. The zero-order chi connectivity index (χ0) is 20.6. The van der Waals surface area contributed by atoms with Crippen molar-refractivity contribution in [2.45, 2.75) is 71.3 Å². The Morgan fingerprint density at radius 1 is 1.08 bits per heavy atom. The van der Waals surface area contributed by atoms with Crippen LogP contribution in [0.1, 0.15) is 13.3 Å². The standard InChI is InChI=1S/C17H38O6Si3/c1-15(2)17(19)21-16(13-18)14-20-11-10-12-25(6,7)23-26(8,9)22-24(3,4)5/h16,18H,1,10-14H2,2-9H3. The number of carbonyl (C=O) groups excluding carboxylic acids is 1. The van der Waals surface area contributed by atoms with E-state index in [2.05, 4.69) is 52.4 Å². The summed E-state index contributed by atoms with van der Waals surface area (Å²) in [6.07, 6.45) is 0.209. The molecule has 0 amide bonds. The molecule has 0 aromatic rings. The summed E-state index contributed by atoms with van der Waals surface area (Å²) in [4.78, 5) is 11.5. The predicted octanol–water partition coefficient (Wildman–Crippen LogP) is 3.65. The lowest BCUT2D eigenvalue weighted by atomic mass is 10.3. The Balaban J connectivity index is 4.21. The Morgan fingerprint density at radius 2 is 1.65 bits per heavy atom. The largest absolute Gasteiger partial charge is 0.454 e. The molecule has 9 heteroatoms. The van der Waals surface area contributed by atoms with Crippen molar-refractivity contribution < 1.29 is 27.6 Å². The molecule has 0 aromatic heterocycles. The molecule has 0 aliphatic heterocycles. The van der Waals surface area contributed by atoms with Crippen molar-refractivity contribution in [1.82, 2.24) is 0 Å². The number of hydrogen-bond donors (Lipinski definition) is 1. The van der Waals surface area contributed by atoms with Gasteiger partial charge in [0.15, 0.2) is 16.6 Å². The smallest absolute Gasteiger partial charge is 0.333 e. The van der Waals surface area contributed by atoms with Crippen molar-refractivity contribution >= 4 is 31.2 Å². The lowest BCUT2D eigenvalue weighted by Crippen LogP contribution is -2.51. The van der Waals surface area contributed by atoms with Crippen LogP contribution in [-0.2, 0) is 22.5 Å². The normalized spacial score (nSPS) is 14.2. The molecule has 0 radical (unpaired) electrons. The second-order valence-corrected chi connectivity index (χ2v) is 21.3. The van der Waals surface area contributed by atoms with E-state index in [0.717, 1.165) is 12.5 Å². The molecule has 0 heterocycles. The third-order valence-corrected chi connectivity index (χ3v) is 13.4. The Hall–Kier alpha value is -0.299. The summed E-state index contributed by atoms with van der Waals surface area (Å²) in [7, 11) is -5.56. The Bertz CT molecular complexity index is 460. The summed E-state index contributed by atoms with van der Waals surface area (Å²) < 4.78 is 23.4. The number of ether oxygens (including phenoxy) is 2. The molecular formula is C17H38O6Si3. The highest BCUT2D eigenvalue weighted by Gasteiger charge is 2.37. The van der Waals surface area contributed by atoms with Gasteiger partial charge in [0.1, 0.15) is 6.10 Å². The van der Waals surface area contributed by atoms with Gasteiger partial charge in [0.25, 0.3) is 0 Å². The zero-order valence-electron chi connectivity index (χ0n) is 17.8. The minimum absolute atomic E-state index is 0.178. The van der Waals surface area contributed by atoms with Crippen LogP contribution in [0.2, 0.25) is 51.9 Å². The monoisotopic (exact) mass is 422 g/mol. The number of carbonyl (C=O) groups is 1. The van der Waals surface area contributed by atoms with Gasteiger partial charge in [0.05, 0.1) is 13.2 Å². The molecule has 1 N–H and O–H groups in total. The van der Waals surface area contributed by atoms with Gasteiger partial charge in [-0.1, -0.05) is 6.58 Å². The van der Waals surface area contributed by atoms with E-state index in [1.54, 1.807) is 6.92 Å². The van der Waals surface area contributed by atoms with Crippen molar-refractivity contribution in [2.24, 2.45) is 0 Å². The Labute approximate surface area is 162 Å². The molecular weight excluding hydrogens is 384 g/mol. The van der Waals surface area contributed by atoms with Crippen LogP contribution >= 0.6 is 0 Å². The number of aliphatic hydroxyl groups excluding tert-OH is 1. The maximum absolute atomic E-state index is 11.5. The van der Waals surface area contributed by atoms with Crippen LogP contribution in [0.4, 0.5) is 0 Å². The third kappa shape index (κ3) is 13.0. The minimum Gasteiger partial charge on any atom is -0.454 e. The van der Waals surface area contributed by atoms with Gasteiger partial charge < -0.3 is 22.8 Å². The lowest BCUT2D eigenvalue weighted by Gasteiger charge is -2.37. The molecule has 1 atom stereocenters. The van der Waals surface area contributed by atoms with E-state index < -0.39 is 37.3 Å². The summed E-state index contributed by atoms with van der Waals surface area (Å²) >= 11 is 0. The van der Waals surface area contributed by atoms with Crippen LogP contribution in [0.3, 0.4) is 0 Å². The van der Waals surface area contributed by atoms with E-state index in [1.165, 1.54) is 0 Å². The number of rotatable bonds is 13. The molecule has 0 saturated carbocycles. The summed E-state index contributed by atoms with van der Waals surface area (Å²) in [6.45, 7) is 20.8. The highest BCUT2D eigenvalue weighted by atomic mass is 28.5. The highest BCUT2D eigenvalue weighted by Crippen LogP contribution is 2.23. The zero-order valence-corrected chi connectivity index (χ0v) is 20.8. The molecule has 26 heavy (non-hydrogen) atoms. The molecule has 0 aliphatic carbocycles. The molecule has 154 valence electrons. The summed E-state index contributed by atoms with van der Waals surface area (Å²) in [5.41, 5.74) is 0.306. The third-order valence-electron chi connectivity index (χ3n) is 3.27. The van der Waals surface area contributed by atoms with Gasteiger partial charge in [-0.15, -0.1) is 0 Å². The van der Waals surface area contributed by atoms with E-state index in [0.29, 0.717) is 12.2 Å². The molecule has 0 fully saturated rings. The van der Waals surface area contributed by atoms with Gasteiger partial charge in [0, 0.05) is 12.2 Å². The average molecular weight is 423 g/mol. The van der Waals surface area contributed by atoms with Crippen LogP contribution in [0.5, 0.6) is 0 Å². The fourth-order valence-electron chi connectivity index (χ4n) is 2.67. The highest BCUT2D eigenvalue weighted by molar-refractivity contribution is 6.87. The fourth-order valence-corrected chi connectivity index (χ4v) is 15.8. The van der Waals surface area contributed by atoms with Crippen LogP contribution < -0.4 is 0 Å². The summed E-state index contributed by atoms with van der Waals surface area (Å²) in [5, 5.41) is 9.26. The van der Waals surface area contributed by atoms with Crippen molar-refractivity contribution in [2.75, 3.05) is 19.8 Å². The topological polar surface area (TPSA) is 74.2 Å². The van der Waals surface area contributed by atoms with Crippen molar-refractivity contribution in [3.8, 4) is 0 Å². The molecule has 0 spiro atoms. The molecule has 0 bridgehead atoms. The van der Waals surface area contributed by atoms with E-state index in [4.69, 9.17) is 17.7 Å². The molecule has 0 saturated heterocycles. The first-order valence-electron chi connectivity index (χ1n) is 9.13. The maximum atomic E-state index is 11.5. The second kappa shape index (κ2) is 10.9. The van der Waals surface area contributed by atoms with E-state index in [1.807, 2.05) is 0 Å². The van der Waals surface area contributed by atoms with Crippen LogP contribution in [0, 0.1) is 0 Å². The minimum atomic E-state index is -2.11. The SMILES string of the molecule is C=C(C)C(=O)OC(CO)COCCC[Si](C)(C)O[Si](C)(C)O[Si](C)(C)C. The van der Waals surface area contributed by atoms with E-state index >= 15 is 0 Å². The average Bonchev–Trinajstić information content (AvgIpc) is 2.40. The van der Waals surface area contributed by atoms with Gasteiger partial charge >= 0.3 is 14.5 Å². The van der Waals surface area contributed by atoms with E-state index in [-0.39, 0.29) is 13.2 Å². The van der Waals surface area contributed by atoms with Crippen LogP contribution in [0.15, 0.2) is 12.2 Å². The van der Waals surface area contributed by atoms with Crippen molar-refractivity contribution in [3.05, 3.63) is 12.2 Å².